The molecule has 0 aromatic heterocycles. The predicted octanol–water partition coefficient (Wildman–Crippen LogP) is 4.65. The predicted molar refractivity (Wildman–Crippen MR) is 92.3 cm³/mol. The van der Waals surface area contributed by atoms with Gasteiger partial charge in [0.05, 0.1) is 6.61 Å². The third kappa shape index (κ3) is 8.29. The van der Waals surface area contributed by atoms with Gasteiger partial charge >= 0.3 is 5.97 Å². The van der Waals surface area contributed by atoms with Crippen LogP contribution < -0.4 is 0 Å². The summed E-state index contributed by atoms with van der Waals surface area (Å²) in [6.45, 7) is 4.72. The third-order valence-corrected chi connectivity index (χ3v) is 3.72. The van der Waals surface area contributed by atoms with Crippen molar-refractivity contribution in [2.75, 3.05) is 6.61 Å². The molecular formula is C19H28O4. The van der Waals surface area contributed by atoms with Crippen molar-refractivity contribution < 1.29 is 19.7 Å². The summed E-state index contributed by atoms with van der Waals surface area (Å²) in [5, 5.41) is 18.6. The summed E-state index contributed by atoms with van der Waals surface area (Å²) >= 11 is 0. The van der Waals surface area contributed by atoms with Gasteiger partial charge in [-0.15, -0.1) is 0 Å². The first-order valence-electron chi connectivity index (χ1n) is 8.39. The lowest BCUT2D eigenvalue weighted by molar-refractivity contribution is -0.138. The van der Waals surface area contributed by atoms with E-state index < -0.39 is 5.97 Å². The minimum absolute atomic E-state index is 0.183. The maximum atomic E-state index is 11.7. The number of rotatable bonds is 10. The molecule has 1 rings (SSSR count). The zero-order chi connectivity index (χ0) is 17.1. The summed E-state index contributed by atoms with van der Waals surface area (Å²) in [5.74, 6) is -0.420. The number of unbranched alkanes of at least 4 members (excludes halogenated alkanes) is 4. The monoisotopic (exact) mass is 320 g/mol. The fourth-order valence-electron chi connectivity index (χ4n) is 2.26. The van der Waals surface area contributed by atoms with Gasteiger partial charge in [0.25, 0.3) is 0 Å². The van der Waals surface area contributed by atoms with Crippen LogP contribution in [0.15, 0.2) is 24.3 Å². The van der Waals surface area contributed by atoms with E-state index in [2.05, 4.69) is 13.8 Å². The van der Waals surface area contributed by atoms with Gasteiger partial charge in [0.15, 0.2) is 11.5 Å². The van der Waals surface area contributed by atoms with Gasteiger partial charge in [0.2, 0.25) is 0 Å². The summed E-state index contributed by atoms with van der Waals surface area (Å²) < 4.78 is 5.22. The lowest BCUT2D eigenvalue weighted by Crippen LogP contribution is -2.10. The van der Waals surface area contributed by atoms with Crippen molar-refractivity contribution in [2.24, 2.45) is 5.92 Å². The zero-order valence-corrected chi connectivity index (χ0v) is 14.1. The van der Waals surface area contributed by atoms with Crippen molar-refractivity contribution in [1.82, 2.24) is 0 Å². The van der Waals surface area contributed by atoms with E-state index in [0.29, 0.717) is 18.1 Å². The van der Waals surface area contributed by atoms with Crippen molar-refractivity contribution in [3.63, 3.8) is 0 Å². The van der Waals surface area contributed by atoms with Gasteiger partial charge in [0.1, 0.15) is 0 Å². The Morgan fingerprint density at radius 1 is 1.17 bits per heavy atom. The van der Waals surface area contributed by atoms with Crippen LogP contribution in [0.5, 0.6) is 11.5 Å². The first-order chi connectivity index (χ1) is 11.0. The molecule has 1 atom stereocenters. The van der Waals surface area contributed by atoms with Crippen LogP contribution in [0, 0.1) is 5.92 Å². The summed E-state index contributed by atoms with van der Waals surface area (Å²) in [6.07, 6.45) is 10.2. The lowest BCUT2D eigenvalue weighted by Gasteiger charge is -2.10. The number of esters is 1. The van der Waals surface area contributed by atoms with E-state index in [1.807, 2.05) is 0 Å². The summed E-state index contributed by atoms with van der Waals surface area (Å²) in [6, 6.07) is 4.37. The summed E-state index contributed by atoms with van der Waals surface area (Å²) in [7, 11) is 0. The Morgan fingerprint density at radius 3 is 2.61 bits per heavy atom. The van der Waals surface area contributed by atoms with Gasteiger partial charge in [-0.05, 0) is 36.1 Å². The standard InChI is InChI=1S/C19H28O4/c1-3-4-5-6-7-8-15(2)14-23-19(22)12-10-16-9-11-17(20)18(21)13-16/h9-13,15,20-21H,3-8,14H2,1-2H3. The molecule has 4 nitrogen and oxygen atoms in total. The second kappa shape index (κ2) is 10.7. The van der Waals surface area contributed by atoms with E-state index in [1.54, 1.807) is 12.1 Å². The van der Waals surface area contributed by atoms with Crippen molar-refractivity contribution in [3.05, 3.63) is 29.8 Å². The van der Waals surface area contributed by atoms with Crippen LogP contribution in [0.3, 0.4) is 0 Å². The molecule has 1 aromatic rings. The number of benzene rings is 1. The Kier molecular flexibility index (Phi) is 8.88. The highest BCUT2D eigenvalue weighted by Crippen LogP contribution is 2.25. The molecule has 0 spiro atoms. The molecule has 0 aliphatic rings. The number of ether oxygens (including phenoxy) is 1. The topological polar surface area (TPSA) is 66.8 Å². The molecule has 0 amide bonds. The summed E-state index contributed by atoms with van der Waals surface area (Å²) in [4.78, 5) is 11.7. The van der Waals surface area contributed by atoms with Crippen LogP contribution in [0.4, 0.5) is 0 Å². The van der Waals surface area contributed by atoms with Crippen LogP contribution in [-0.4, -0.2) is 22.8 Å². The lowest BCUT2D eigenvalue weighted by atomic mass is 10.0. The van der Waals surface area contributed by atoms with E-state index in [9.17, 15) is 15.0 Å². The van der Waals surface area contributed by atoms with Crippen molar-refractivity contribution >= 4 is 12.0 Å². The normalized spacial score (nSPS) is 12.4. The molecular weight excluding hydrogens is 292 g/mol. The Morgan fingerprint density at radius 2 is 1.91 bits per heavy atom. The highest BCUT2D eigenvalue weighted by molar-refractivity contribution is 5.87. The van der Waals surface area contributed by atoms with Gasteiger partial charge in [-0.2, -0.15) is 0 Å². The number of aromatic hydroxyl groups is 2. The number of carbonyl (C=O) groups is 1. The van der Waals surface area contributed by atoms with E-state index in [-0.39, 0.29) is 11.5 Å². The molecule has 4 heteroatoms. The highest BCUT2D eigenvalue weighted by atomic mass is 16.5. The zero-order valence-electron chi connectivity index (χ0n) is 14.1. The van der Waals surface area contributed by atoms with E-state index in [0.717, 1.165) is 6.42 Å². The molecule has 0 saturated carbocycles. The first kappa shape index (κ1) is 19.1. The van der Waals surface area contributed by atoms with Crippen molar-refractivity contribution in [1.29, 1.82) is 0 Å². The molecule has 2 N–H and O–H groups in total. The van der Waals surface area contributed by atoms with Gasteiger partial charge in [-0.1, -0.05) is 52.0 Å². The average molecular weight is 320 g/mol. The van der Waals surface area contributed by atoms with E-state index >= 15 is 0 Å². The van der Waals surface area contributed by atoms with E-state index in [1.165, 1.54) is 50.3 Å². The van der Waals surface area contributed by atoms with Crippen LogP contribution in [0.1, 0.15) is 57.9 Å². The second-order valence-corrected chi connectivity index (χ2v) is 6.02. The minimum Gasteiger partial charge on any atom is -0.504 e. The molecule has 0 heterocycles. The van der Waals surface area contributed by atoms with Crippen LogP contribution in [-0.2, 0) is 9.53 Å². The molecule has 0 saturated heterocycles. The maximum Gasteiger partial charge on any atom is 0.330 e. The molecule has 23 heavy (non-hydrogen) atoms. The van der Waals surface area contributed by atoms with Gasteiger partial charge in [-0.3, -0.25) is 0 Å². The number of phenols is 2. The minimum atomic E-state index is -0.393. The Hall–Kier alpha value is -1.97. The molecule has 0 aliphatic carbocycles. The van der Waals surface area contributed by atoms with Crippen LogP contribution in [0.2, 0.25) is 0 Å². The van der Waals surface area contributed by atoms with Crippen LogP contribution in [0.25, 0.3) is 6.08 Å². The Bertz CT molecular complexity index is 508. The van der Waals surface area contributed by atoms with Crippen molar-refractivity contribution in [2.45, 2.75) is 52.4 Å². The van der Waals surface area contributed by atoms with E-state index in [4.69, 9.17) is 4.74 Å². The average Bonchev–Trinajstić information content (AvgIpc) is 2.54. The summed E-state index contributed by atoms with van der Waals surface area (Å²) in [5.41, 5.74) is 0.626. The van der Waals surface area contributed by atoms with Gasteiger partial charge < -0.3 is 14.9 Å². The largest absolute Gasteiger partial charge is 0.504 e. The van der Waals surface area contributed by atoms with Crippen LogP contribution >= 0.6 is 0 Å². The molecule has 1 unspecified atom stereocenters. The van der Waals surface area contributed by atoms with Gasteiger partial charge in [0, 0.05) is 6.08 Å². The number of hydrogen-bond acceptors (Lipinski definition) is 4. The maximum absolute atomic E-state index is 11.7. The van der Waals surface area contributed by atoms with Crippen molar-refractivity contribution in [3.8, 4) is 11.5 Å². The molecule has 128 valence electrons. The molecule has 0 fully saturated rings. The SMILES string of the molecule is CCCCCCCC(C)COC(=O)C=Cc1ccc(O)c(O)c1. The molecule has 0 radical (unpaired) electrons. The Labute approximate surface area is 138 Å². The second-order valence-electron chi connectivity index (χ2n) is 6.02. The quantitative estimate of drug-likeness (QED) is 0.285. The molecule has 0 aliphatic heterocycles. The fraction of sp³-hybridized carbons (Fsp3) is 0.526. The molecule has 1 aromatic carbocycles. The highest BCUT2D eigenvalue weighted by Gasteiger charge is 2.05. The smallest absolute Gasteiger partial charge is 0.330 e. The Balaban J connectivity index is 2.25. The number of carbonyl (C=O) groups excluding carboxylic acids is 1. The molecule has 0 bridgehead atoms. The number of phenolic OH excluding ortho intramolecular Hbond substituents is 2. The number of hydrogen-bond donors (Lipinski definition) is 2. The van der Waals surface area contributed by atoms with Gasteiger partial charge in [-0.25, -0.2) is 4.79 Å². The fourth-order valence-corrected chi connectivity index (χ4v) is 2.26. The third-order valence-electron chi connectivity index (χ3n) is 3.72. The first-order valence-corrected chi connectivity index (χ1v) is 8.39.